The number of rotatable bonds is 9. The van der Waals surface area contributed by atoms with Crippen LogP contribution >= 0.6 is 11.3 Å². The van der Waals surface area contributed by atoms with Gasteiger partial charge in [-0.3, -0.25) is 4.79 Å². The summed E-state index contributed by atoms with van der Waals surface area (Å²) in [4.78, 5) is 16.7. The number of para-hydroxylation sites is 3. The fourth-order valence-corrected chi connectivity index (χ4v) is 3.89. The number of carbonyl (C=O) groups excluding carboxylic acids is 1. The van der Waals surface area contributed by atoms with Crippen molar-refractivity contribution in [1.82, 2.24) is 4.98 Å². The number of ether oxygens (including phenoxy) is 3. The second kappa shape index (κ2) is 10.6. The van der Waals surface area contributed by atoms with Crippen LogP contribution in [0.2, 0.25) is 0 Å². The van der Waals surface area contributed by atoms with Gasteiger partial charge in [-0.15, -0.1) is 5.11 Å². The molecular weight excluding hydrogens is 440 g/mol. The molecule has 0 fully saturated rings. The van der Waals surface area contributed by atoms with E-state index in [0.29, 0.717) is 34.6 Å². The molecule has 0 radical (unpaired) electrons. The van der Waals surface area contributed by atoms with Gasteiger partial charge < -0.3 is 19.5 Å². The molecule has 0 bridgehead atoms. The molecule has 0 atom stereocenters. The molecule has 4 rings (SSSR count). The number of thiazole rings is 1. The van der Waals surface area contributed by atoms with Crippen molar-refractivity contribution < 1.29 is 19.0 Å². The highest BCUT2D eigenvalue weighted by Crippen LogP contribution is 2.30. The minimum atomic E-state index is -0.310. The third-order valence-corrected chi connectivity index (χ3v) is 5.58. The van der Waals surface area contributed by atoms with Gasteiger partial charge in [-0.25, -0.2) is 4.98 Å². The summed E-state index contributed by atoms with van der Waals surface area (Å²) in [5.41, 5.74) is 2.38. The number of hydrogen-bond acceptors (Lipinski definition) is 8. The molecule has 9 heteroatoms. The van der Waals surface area contributed by atoms with Gasteiger partial charge in [0.25, 0.3) is 5.91 Å². The lowest BCUT2D eigenvalue weighted by molar-refractivity contribution is -0.118. The van der Waals surface area contributed by atoms with Gasteiger partial charge in [0.15, 0.2) is 18.1 Å². The summed E-state index contributed by atoms with van der Waals surface area (Å²) in [6.45, 7) is 0.186. The summed E-state index contributed by atoms with van der Waals surface area (Å²) in [7, 11) is 3.09. The number of nitrogens with zero attached hydrogens (tertiary/aromatic N) is 3. The van der Waals surface area contributed by atoms with E-state index in [0.717, 1.165) is 15.8 Å². The molecule has 3 aromatic carbocycles. The fraction of sp³-hybridized carbons (Fsp3) is 0.167. The van der Waals surface area contributed by atoms with E-state index in [4.69, 9.17) is 14.2 Å². The highest BCUT2D eigenvalue weighted by atomic mass is 32.1. The lowest BCUT2D eigenvalue weighted by Crippen LogP contribution is -2.20. The quantitative estimate of drug-likeness (QED) is 0.326. The van der Waals surface area contributed by atoms with Crippen LogP contribution in [0.3, 0.4) is 0 Å². The van der Waals surface area contributed by atoms with Gasteiger partial charge in [-0.05, 0) is 42.0 Å². The van der Waals surface area contributed by atoms with Crippen LogP contribution in [0.25, 0.3) is 10.2 Å². The van der Waals surface area contributed by atoms with Crippen LogP contribution in [0.1, 0.15) is 5.56 Å². The van der Waals surface area contributed by atoms with Gasteiger partial charge in [0.2, 0.25) is 5.13 Å². The summed E-state index contributed by atoms with van der Waals surface area (Å²) < 4.78 is 17.4. The molecule has 1 aromatic heterocycles. The highest BCUT2D eigenvalue weighted by molar-refractivity contribution is 7.21. The summed E-state index contributed by atoms with van der Waals surface area (Å²) in [5.74, 6) is 1.23. The van der Waals surface area contributed by atoms with E-state index < -0.39 is 0 Å². The number of hydrogen-bond donors (Lipinski definition) is 1. The van der Waals surface area contributed by atoms with Crippen molar-refractivity contribution in [3.8, 4) is 17.2 Å². The fourth-order valence-electron chi connectivity index (χ4n) is 3.09. The first-order valence-corrected chi connectivity index (χ1v) is 10.9. The first-order chi connectivity index (χ1) is 16.2. The molecule has 8 nitrogen and oxygen atoms in total. The second-order valence-electron chi connectivity index (χ2n) is 6.89. The Hall–Kier alpha value is -3.98. The van der Waals surface area contributed by atoms with E-state index in [2.05, 4.69) is 20.5 Å². The van der Waals surface area contributed by atoms with Gasteiger partial charge in [0, 0.05) is 0 Å². The smallest absolute Gasteiger partial charge is 0.262 e. The molecule has 0 spiro atoms. The zero-order chi connectivity index (χ0) is 23.0. The zero-order valence-electron chi connectivity index (χ0n) is 18.1. The molecule has 168 valence electrons. The average molecular weight is 463 g/mol. The zero-order valence-corrected chi connectivity index (χ0v) is 19.0. The van der Waals surface area contributed by atoms with E-state index >= 15 is 0 Å². The normalized spacial score (nSPS) is 11.0. The Morgan fingerprint density at radius 2 is 1.76 bits per heavy atom. The third kappa shape index (κ3) is 5.64. The molecule has 0 aliphatic carbocycles. The highest BCUT2D eigenvalue weighted by Gasteiger charge is 2.11. The second-order valence-corrected chi connectivity index (χ2v) is 7.90. The topological polar surface area (TPSA) is 94.4 Å². The minimum Gasteiger partial charge on any atom is -0.495 e. The Morgan fingerprint density at radius 1 is 0.970 bits per heavy atom. The van der Waals surface area contributed by atoms with E-state index in [9.17, 15) is 4.79 Å². The lowest BCUT2D eigenvalue weighted by atomic mass is 10.2. The molecule has 1 heterocycles. The van der Waals surface area contributed by atoms with Gasteiger partial charge in [0.1, 0.15) is 5.75 Å². The van der Waals surface area contributed by atoms with Crippen LogP contribution in [0.4, 0.5) is 10.8 Å². The number of benzene rings is 3. The molecule has 1 N–H and O–H groups in total. The van der Waals surface area contributed by atoms with Crippen molar-refractivity contribution in [2.24, 2.45) is 10.2 Å². The van der Waals surface area contributed by atoms with Gasteiger partial charge >= 0.3 is 0 Å². The molecule has 1 amide bonds. The molecule has 33 heavy (non-hydrogen) atoms. The van der Waals surface area contributed by atoms with Crippen LogP contribution in [-0.4, -0.2) is 31.7 Å². The van der Waals surface area contributed by atoms with Crippen molar-refractivity contribution in [2.45, 2.75) is 6.54 Å². The first-order valence-electron chi connectivity index (χ1n) is 10.1. The maximum atomic E-state index is 12.3. The number of anilines is 1. The van der Waals surface area contributed by atoms with E-state index in [-0.39, 0.29) is 12.5 Å². The number of amides is 1. The van der Waals surface area contributed by atoms with Gasteiger partial charge in [-0.1, -0.05) is 41.7 Å². The van der Waals surface area contributed by atoms with Crippen LogP contribution in [-0.2, 0) is 11.3 Å². The monoisotopic (exact) mass is 462 g/mol. The van der Waals surface area contributed by atoms with Crippen LogP contribution in [0.15, 0.2) is 77.0 Å². The number of carbonyl (C=O) groups is 1. The number of fused-ring (bicyclic) bond motifs is 1. The first kappa shape index (κ1) is 22.2. The van der Waals surface area contributed by atoms with Crippen LogP contribution in [0, 0.1) is 0 Å². The van der Waals surface area contributed by atoms with Crippen molar-refractivity contribution >= 4 is 38.3 Å². The standard InChI is InChI=1S/C24H22N4O4S/c1-30-19-9-5-3-7-17(19)26-23(29)15-32-20-12-11-16(13-21(20)31-2)14-25-28-24-27-18-8-4-6-10-22(18)33-24/h3-13H,14-15H2,1-2H3,(H,26,29). The number of azo groups is 1. The molecule has 0 aliphatic rings. The predicted molar refractivity (Wildman–Crippen MR) is 128 cm³/mol. The Morgan fingerprint density at radius 3 is 2.58 bits per heavy atom. The maximum absolute atomic E-state index is 12.3. The molecule has 0 unspecified atom stereocenters. The molecule has 0 saturated carbocycles. The van der Waals surface area contributed by atoms with E-state index in [1.807, 2.05) is 48.5 Å². The average Bonchev–Trinajstić information content (AvgIpc) is 3.26. The number of methoxy groups -OCH3 is 2. The minimum absolute atomic E-state index is 0.176. The Kier molecular flexibility index (Phi) is 7.11. The van der Waals surface area contributed by atoms with Gasteiger partial charge in [-0.2, -0.15) is 5.11 Å². The third-order valence-electron chi connectivity index (χ3n) is 4.66. The van der Waals surface area contributed by atoms with Crippen molar-refractivity contribution in [2.75, 3.05) is 26.1 Å². The van der Waals surface area contributed by atoms with E-state index in [1.165, 1.54) is 11.3 Å². The lowest BCUT2D eigenvalue weighted by Gasteiger charge is -2.13. The van der Waals surface area contributed by atoms with Gasteiger partial charge in [0.05, 0.1) is 36.7 Å². The summed E-state index contributed by atoms with van der Waals surface area (Å²) in [6.07, 6.45) is 0. The molecule has 0 aliphatic heterocycles. The van der Waals surface area contributed by atoms with Crippen molar-refractivity contribution in [3.63, 3.8) is 0 Å². The molecular formula is C24H22N4O4S. The van der Waals surface area contributed by atoms with Crippen LogP contribution < -0.4 is 19.5 Å². The molecule has 0 saturated heterocycles. The van der Waals surface area contributed by atoms with Crippen LogP contribution in [0.5, 0.6) is 17.2 Å². The largest absolute Gasteiger partial charge is 0.495 e. The Balaban J connectivity index is 1.35. The SMILES string of the molecule is COc1ccccc1NC(=O)COc1ccc(CN=Nc2nc3ccccc3s2)cc1OC. The van der Waals surface area contributed by atoms with E-state index in [1.54, 1.807) is 32.4 Å². The summed E-state index contributed by atoms with van der Waals surface area (Å²) >= 11 is 1.49. The van der Waals surface area contributed by atoms with Crippen molar-refractivity contribution in [3.05, 3.63) is 72.3 Å². The maximum Gasteiger partial charge on any atom is 0.262 e. The Labute approximate surface area is 194 Å². The number of nitrogens with one attached hydrogen (secondary N) is 1. The van der Waals surface area contributed by atoms with Crippen molar-refractivity contribution in [1.29, 1.82) is 0 Å². The number of aromatic nitrogens is 1. The Bertz CT molecular complexity index is 1260. The molecule has 4 aromatic rings. The summed E-state index contributed by atoms with van der Waals surface area (Å²) in [5, 5.41) is 11.9. The summed E-state index contributed by atoms with van der Waals surface area (Å²) in [6, 6.07) is 20.5. The predicted octanol–water partition coefficient (Wildman–Crippen LogP) is 5.61.